The molecule has 0 saturated heterocycles. The van der Waals surface area contributed by atoms with E-state index >= 15 is 0 Å². The normalized spacial score (nSPS) is 14.1. The van der Waals surface area contributed by atoms with Crippen LogP contribution in [-0.2, 0) is 16.3 Å². The van der Waals surface area contributed by atoms with Gasteiger partial charge in [-0.25, -0.2) is 8.42 Å². The molecule has 1 heterocycles. The van der Waals surface area contributed by atoms with Crippen LogP contribution in [0, 0.1) is 0 Å². The molecule has 0 bridgehead atoms. The molecule has 1 aromatic rings. The van der Waals surface area contributed by atoms with Crippen molar-refractivity contribution >= 4 is 9.84 Å². The van der Waals surface area contributed by atoms with E-state index in [9.17, 15) is 8.42 Å². The third-order valence-corrected chi connectivity index (χ3v) is 4.08. The van der Waals surface area contributed by atoms with Gasteiger partial charge in [0, 0.05) is 18.7 Å². The number of aromatic nitrogens is 2. The molecule has 1 rings (SSSR count). The number of nitrogens with one attached hydrogen (secondary N) is 1. The van der Waals surface area contributed by atoms with Crippen LogP contribution in [0.2, 0.25) is 0 Å². The highest BCUT2D eigenvalue weighted by Crippen LogP contribution is 2.19. The molecule has 0 aliphatic carbocycles. The summed E-state index contributed by atoms with van der Waals surface area (Å²) in [5.74, 6) is 0.662. The second-order valence-electron chi connectivity index (χ2n) is 4.72. The zero-order valence-electron chi connectivity index (χ0n) is 11.3. The second-order valence-corrected chi connectivity index (χ2v) is 7.08. The number of nitrogens with zero attached hydrogens (tertiary/aromatic N) is 2. The van der Waals surface area contributed by atoms with Gasteiger partial charge in [0.15, 0.2) is 9.84 Å². The molecule has 1 unspecified atom stereocenters. The standard InChI is InChI=1S/C11H21N3O3S/c1-8(2)12-7-5-6-10-13-14-11(17-10)9(3)18(4,15)16/h8-9,12H,5-7H2,1-4H3. The Morgan fingerprint density at radius 1 is 1.28 bits per heavy atom. The van der Waals surface area contributed by atoms with Gasteiger partial charge in [-0.2, -0.15) is 0 Å². The van der Waals surface area contributed by atoms with Crippen LogP contribution in [0.5, 0.6) is 0 Å². The van der Waals surface area contributed by atoms with Crippen molar-refractivity contribution in [1.29, 1.82) is 0 Å². The SMILES string of the molecule is CC(C)NCCCc1nnc(C(C)S(C)(=O)=O)o1. The second kappa shape index (κ2) is 6.29. The molecular formula is C11H21N3O3S. The summed E-state index contributed by atoms with van der Waals surface area (Å²) in [5, 5.41) is 10.2. The molecule has 0 aliphatic rings. The Kier molecular flexibility index (Phi) is 5.28. The Labute approximate surface area is 108 Å². The Morgan fingerprint density at radius 2 is 1.94 bits per heavy atom. The van der Waals surface area contributed by atoms with Gasteiger partial charge in [0.1, 0.15) is 5.25 Å². The van der Waals surface area contributed by atoms with Crippen molar-refractivity contribution < 1.29 is 12.8 Å². The summed E-state index contributed by atoms with van der Waals surface area (Å²) in [6.45, 7) is 6.58. The third kappa shape index (κ3) is 4.73. The average Bonchev–Trinajstić information content (AvgIpc) is 2.70. The van der Waals surface area contributed by atoms with Gasteiger partial charge < -0.3 is 9.73 Å². The van der Waals surface area contributed by atoms with Crippen molar-refractivity contribution in [3.05, 3.63) is 11.8 Å². The number of aryl methyl sites for hydroxylation is 1. The maximum atomic E-state index is 11.3. The van der Waals surface area contributed by atoms with Crippen LogP contribution >= 0.6 is 0 Å². The van der Waals surface area contributed by atoms with Crippen LogP contribution < -0.4 is 5.32 Å². The first-order valence-electron chi connectivity index (χ1n) is 6.05. The first-order chi connectivity index (χ1) is 8.30. The van der Waals surface area contributed by atoms with Crippen LogP contribution in [0.3, 0.4) is 0 Å². The number of hydrogen-bond acceptors (Lipinski definition) is 6. The predicted octanol–water partition coefficient (Wildman–Crippen LogP) is 1.11. The molecule has 0 amide bonds. The van der Waals surface area contributed by atoms with Gasteiger partial charge >= 0.3 is 0 Å². The molecule has 0 spiro atoms. The minimum absolute atomic E-state index is 0.171. The highest BCUT2D eigenvalue weighted by atomic mass is 32.2. The molecule has 0 aromatic carbocycles. The van der Waals surface area contributed by atoms with Crippen LogP contribution in [-0.4, -0.2) is 37.5 Å². The fourth-order valence-corrected chi connectivity index (χ4v) is 1.81. The fraction of sp³-hybridized carbons (Fsp3) is 0.818. The average molecular weight is 275 g/mol. The molecule has 1 aromatic heterocycles. The van der Waals surface area contributed by atoms with Gasteiger partial charge in [-0.3, -0.25) is 0 Å². The number of sulfone groups is 1. The van der Waals surface area contributed by atoms with Crippen molar-refractivity contribution in [1.82, 2.24) is 15.5 Å². The molecule has 18 heavy (non-hydrogen) atoms. The number of rotatable bonds is 7. The third-order valence-electron chi connectivity index (χ3n) is 2.59. The molecule has 0 saturated carbocycles. The van der Waals surface area contributed by atoms with Crippen molar-refractivity contribution in [3.8, 4) is 0 Å². The summed E-state index contributed by atoms with van der Waals surface area (Å²) in [7, 11) is -3.19. The Morgan fingerprint density at radius 3 is 2.50 bits per heavy atom. The molecule has 1 atom stereocenters. The van der Waals surface area contributed by atoms with E-state index in [-0.39, 0.29) is 5.89 Å². The quantitative estimate of drug-likeness (QED) is 0.750. The van der Waals surface area contributed by atoms with E-state index in [0.29, 0.717) is 18.4 Å². The Balaban J connectivity index is 2.49. The van der Waals surface area contributed by atoms with Gasteiger partial charge in [0.25, 0.3) is 0 Å². The lowest BCUT2D eigenvalue weighted by molar-refractivity contribution is 0.436. The van der Waals surface area contributed by atoms with Crippen molar-refractivity contribution in [2.75, 3.05) is 12.8 Å². The molecule has 0 aliphatic heterocycles. The maximum absolute atomic E-state index is 11.3. The summed E-state index contributed by atoms with van der Waals surface area (Å²) in [4.78, 5) is 0. The summed E-state index contributed by atoms with van der Waals surface area (Å²) < 4.78 is 28.0. The smallest absolute Gasteiger partial charge is 0.234 e. The first-order valence-corrected chi connectivity index (χ1v) is 8.00. The van der Waals surface area contributed by atoms with E-state index in [0.717, 1.165) is 19.2 Å². The minimum Gasteiger partial charge on any atom is -0.424 e. The van der Waals surface area contributed by atoms with E-state index in [2.05, 4.69) is 29.4 Å². The van der Waals surface area contributed by atoms with Gasteiger partial charge in [-0.15, -0.1) is 10.2 Å². The van der Waals surface area contributed by atoms with Gasteiger partial charge in [-0.1, -0.05) is 13.8 Å². The van der Waals surface area contributed by atoms with E-state index in [1.54, 1.807) is 6.92 Å². The van der Waals surface area contributed by atoms with E-state index in [4.69, 9.17) is 4.42 Å². The predicted molar refractivity (Wildman–Crippen MR) is 69.0 cm³/mol. The van der Waals surface area contributed by atoms with E-state index in [1.807, 2.05) is 0 Å². The monoisotopic (exact) mass is 275 g/mol. The highest BCUT2D eigenvalue weighted by molar-refractivity contribution is 7.90. The van der Waals surface area contributed by atoms with Crippen LogP contribution in [0.25, 0.3) is 0 Å². The van der Waals surface area contributed by atoms with Crippen LogP contribution in [0.15, 0.2) is 4.42 Å². The number of hydrogen-bond donors (Lipinski definition) is 1. The van der Waals surface area contributed by atoms with Crippen molar-refractivity contribution in [2.45, 2.75) is 44.9 Å². The summed E-state index contributed by atoms with van der Waals surface area (Å²) >= 11 is 0. The fourth-order valence-electron chi connectivity index (χ4n) is 1.35. The highest BCUT2D eigenvalue weighted by Gasteiger charge is 2.23. The zero-order valence-corrected chi connectivity index (χ0v) is 12.1. The topological polar surface area (TPSA) is 85.1 Å². The summed E-state index contributed by atoms with van der Waals surface area (Å²) in [6, 6.07) is 0.452. The maximum Gasteiger partial charge on any atom is 0.234 e. The minimum atomic E-state index is -3.19. The molecule has 104 valence electrons. The summed E-state index contributed by atoms with van der Waals surface area (Å²) in [5.41, 5.74) is 0. The lowest BCUT2D eigenvalue weighted by Crippen LogP contribution is -2.23. The lowest BCUT2D eigenvalue weighted by Gasteiger charge is -2.06. The van der Waals surface area contributed by atoms with Crippen LogP contribution in [0.1, 0.15) is 44.2 Å². The van der Waals surface area contributed by atoms with Crippen molar-refractivity contribution in [2.24, 2.45) is 0 Å². The zero-order chi connectivity index (χ0) is 13.8. The molecule has 6 nitrogen and oxygen atoms in total. The molecule has 7 heteroatoms. The first kappa shape index (κ1) is 15.1. The van der Waals surface area contributed by atoms with Crippen molar-refractivity contribution in [3.63, 3.8) is 0 Å². The molecule has 1 N–H and O–H groups in total. The molecule has 0 radical (unpaired) electrons. The molecule has 0 fully saturated rings. The largest absolute Gasteiger partial charge is 0.424 e. The lowest BCUT2D eigenvalue weighted by atomic mass is 10.3. The van der Waals surface area contributed by atoms with Gasteiger partial charge in [0.05, 0.1) is 0 Å². The Hall–Kier alpha value is -0.950. The summed E-state index contributed by atoms with van der Waals surface area (Å²) in [6.07, 6.45) is 2.70. The van der Waals surface area contributed by atoms with E-state index < -0.39 is 15.1 Å². The van der Waals surface area contributed by atoms with E-state index in [1.165, 1.54) is 0 Å². The molecular weight excluding hydrogens is 254 g/mol. The Bertz CT molecular complexity index is 468. The van der Waals surface area contributed by atoms with Gasteiger partial charge in [-0.05, 0) is 19.9 Å². The van der Waals surface area contributed by atoms with Crippen LogP contribution in [0.4, 0.5) is 0 Å². The van der Waals surface area contributed by atoms with Gasteiger partial charge in [0.2, 0.25) is 11.8 Å².